The van der Waals surface area contributed by atoms with Gasteiger partial charge in [-0.3, -0.25) is 9.21 Å². The van der Waals surface area contributed by atoms with Crippen LogP contribution in [0.4, 0.5) is 15.8 Å². The van der Waals surface area contributed by atoms with E-state index >= 15 is 0 Å². The third-order valence-corrected chi connectivity index (χ3v) is 8.96. The van der Waals surface area contributed by atoms with Crippen LogP contribution < -0.4 is 9.21 Å². The lowest BCUT2D eigenvalue weighted by Crippen LogP contribution is -2.47. The topological polar surface area (TPSA) is 43.9 Å². The standard InChI is InChI=1S/C23H23FIN3O2S/c24-17-5-7-18(8-6-17)27-15-13-26(14-16-27)11-2-12-28-21-10-9-20(25)19-3-1-4-22(23(19)21)31(28,29)30/h1,3-10H,2,11-16H2/i25-2. The fourth-order valence-corrected chi connectivity index (χ4v) is 6.92. The fraction of sp³-hybridized carbons (Fsp3) is 0.304. The summed E-state index contributed by atoms with van der Waals surface area (Å²) in [7, 11) is -3.49. The Labute approximate surface area is 195 Å². The van der Waals surface area contributed by atoms with Crippen LogP contribution in [-0.2, 0) is 10.0 Å². The van der Waals surface area contributed by atoms with Crippen molar-refractivity contribution in [1.82, 2.24) is 4.90 Å². The summed E-state index contributed by atoms with van der Waals surface area (Å²) in [5, 5.41) is 1.85. The van der Waals surface area contributed by atoms with Gasteiger partial charge in [0.05, 0.1) is 10.6 Å². The van der Waals surface area contributed by atoms with Gasteiger partial charge in [0.15, 0.2) is 0 Å². The Bertz CT molecular complexity index is 1230. The summed E-state index contributed by atoms with van der Waals surface area (Å²) in [6.45, 7) is 4.93. The van der Waals surface area contributed by atoms with Crippen molar-refractivity contribution in [2.75, 3.05) is 48.5 Å². The van der Waals surface area contributed by atoms with Crippen LogP contribution in [0.1, 0.15) is 6.42 Å². The fourth-order valence-electron chi connectivity index (χ4n) is 4.55. The maximum Gasteiger partial charge on any atom is 0.265 e. The molecule has 3 aromatic carbocycles. The Hall–Kier alpha value is -1.91. The summed E-state index contributed by atoms with van der Waals surface area (Å²) >= 11 is 2.26. The van der Waals surface area contributed by atoms with Crippen LogP contribution in [-0.4, -0.2) is 52.6 Å². The molecule has 162 valence electrons. The number of nitrogens with zero attached hydrogens (tertiary/aromatic N) is 3. The Morgan fingerprint density at radius 2 is 1.65 bits per heavy atom. The van der Waals surface area contributed by atoms with Crippen LogP contribution in [0, 0.1) is 9.39 Å². The second-order valence-corrected chi connectivity index (χ2v) is 11.0. The smallest absolute Gasteiger partial charge is 0.265 e. The number of sulfonamides is 1. The lowest BCUT2D eigenvalue weighted by atomic mass is 10.1. The molecule has 0 aromatic heterocycles. The highest BCUT2D eigenvalue weighted by molar-refractivity contribution is 14.1. The zero-order chi connectivity index (χ0) is 21.6. The van der Waals surface area contributed by atoms with Crippen molar-refractivity contribution in [3.63, 3.8) is 0 Å². The van der Waals surface area contributed by atoms with Gasteiger partial charge in [0.1, 0.15) is 5.82 Å². The van der Waals surface area contributed by atoms with Gasteiger partial charge in [0.2, 0.25) is 0 Å². The summed E-state index contributed by atoms with van der Waals surface area (Å²) < 4.78 is 42.1. The van der Waals surface area contributed by atoms with E-state index in [4.69, 9.17) is 0 Å². The SMILES string of the molecule is O=S1(=O)c2cccc3c([125I])ccc(c23)N1CCCN1CCN(c2ccc(F)cc2)CC1. The van der Waals surface area contributed by atoms with Gasteiger partial charge in [0, 0.05) is 53.9 Å². The van der Waals surface area contributed by atoms with E-state index < -0.39 is 10.0 Å². The van der Waals surface area contributed by atoms with Gasteiger partial charge in [-0.2, -0.15) is 0 Å². The summed E-state index contributed by atoms with van der Waals surface area (Å²) in [5.41, 5.74) is 1.84. The zero-order valence-corrected chi connectivity index (χ0v) is 19.9. The molecule has 0 N–H and O–H groups in total. The summed E-state index contributed by atoms with van der Waals surface area (Å²) in [5.74, 6) is -0.216. The minimum Gasteiger partial charge on any atom is -0.369 e. The molecule has 0 saturated carbocycles. The van der Waals surface area contributed by atoms with Gasteiger partial charge >= 0.3 is 0 Å². The van der Waals surface area contributed by atoms with Gasteiger partial charge in [-0.1, -0.05) is 12.1 Å². The average Bonchev–Trinajstić information content (AvgIpc) is 3.00. The molecular formula is C23H23FIN3O2S. The van der Waals surface area contributed by atoms with E-state index in [9.17, 15) is 12.8 Å². The number of halogens is 2. The predicted molar refractivity (Wildman–Crippen MR) is 131 cm³/mol. The highest BCUT2D eigenvalue weighted by Crippen LogP contribution is 2.43. The monoisotopic (exact) mass is 549 g/mol. The molecule has 3 aromatic rings. The van der Waals surface area contributed by atoms with Crippen LogP contribution in [0.15, 0.2) is 59.5 Å². The molecule has 0 radical (unpaired) electrons. The van der Waals surface area contributed by atoms with E-state index in [1.54, 1.807) is 10.4 Å². The number of benzene rings is 3. The van der Waals surface area contributed by atoms with Gasteiger partial charge < -0.3 is 4.90 Å². The first-order valence-corrected chi connectivity index (χ1v) is 12.9. The molecule has 0 spiro atoms. The number of hydrogen-bond donors (Lipinski definition) is 0. The Morgan fingerprint density at radius 3 is 2.39 bits per heavy atom. The lowest BCUT2D eigenvalue weighted by molar-refractivity contribution is 0.256. The van der Waals surface area contributed by atoms with Crippen LogP contribution >= 0.6 is 22.6 Å². The normalized spacial score (nSPS) is 18.1. The predicted octanol–water partition coefficient (Wildman–Crippen LogP) is 4.30. The van der Waals surface area contributed by atoms with Gasteiger partial charge in [0.25, 0.3) is 10.0 Å². The lowest BCUT2D eigenvalue weighted by Gasteiger charge is -2.36. The van der Waals surface area contributed by atoms with E-state index in [1.165, 1.54) is 12.1 Å². The number of anilines is 2. The average molecular weight is 549 g/mol. The zero-order valence-electron chi connectivity index (χ0n) is 17.0. The highest BCUT2D eigenvalue weighted by Gasteiger charge is 2.35. The van der Waals surface area contributed by atoms with E-state index in [-0.39, 0.29) is 5.82 Å². The Morgan fingerprint density at radius 1 is 0.903 bits per heavy atom. The number of hydrogen-bond acceptors (Lipinski definition) is 4. The van der Waals surface area contributed by atoms with Crippen molar-refractivity contribution < 1.29 is 12.8 Å². The molecule has 1 fully saturated rings. The molecule has 1 saturated heterocycles. The van der Waals surface area contributed by atoms with Crippen molar-refractivity contribution in [1.29, 1.82) is 0 Å². The molecule has 0 aliphatic carbocycles. The van der Waals surface area contributed by atoms with Crippen molar-refractivity contribution in [3.05, 3.63) is 64.0 Å². The van der Waals surface area contributed by atoms with Crippen molar-refractivity contribution >= 4 is 54.8 Å². The maximum absolute atomic E-state index is 13.2. The van der Waals surface area contributed by atoms with E-state index in [2.05, 4.69) is 32.4 Å². The summed E-state index contributed by atoms with van der Waals surface area (Å²) in [6.07, 6.45) is 0.775. The maximum atomic E-state index is 13.2. The quantitative estimate of drug-likeness (QED) is 0.446. The second kappa shape index (κ2) is 8.22. The van der Waals surface area contributed by atoms with Crippen LogP contribution in [0.3, 0.4) is 0 Å². The summed E-state index contributed by atoms with van der Waals surface area (Å²) in [6, 6.07) is 16.1. The molecule has 2 aliphatic heterocycles. The van der Waals surface area contributed by atoms with Crippen LogP contribution in [0.2, 0.25) is 0 Å². The van der Waals surface area contributed by atoms with E-state index in [0.29, 0.717) is 11.4 Å². The molecule has 0 unspecified atom stereocenters. The molecule has 31 heavy (non-hydrogen) atoms. The minimum atomic E-state index is -3.49. The largest absolute Gasteiger partial charge is 0.369 e. The molecule has 2 heterocycles. The van der Waals surface area contributed by atoms with Crippen LogP contribution in [0.5, 0.6) is 0 Å². The summed E-state index contributed by atoms with van der Waals surface area (Å²) in [4.78, 5) is 5.06. The third kappa shape index (κ3) is 3.78. The first kappa shape index (κ1) is 21.0. The Balaban J connectivity index is 1.22. The van der Waals surface area contributed by atoms with Gasteiger partial charge in [-0.25, -0.2) is 12.8 Å². The molecule has 5 nitrogen and oxygen atoms in total. The molecule has 2 aliphatic rings. The molecule has 0 bridgehead atoms. The molecule has 5 rings (SSSR count). The second-order valence-electron chi connectivity index (χ2n) is 7.98. The van der Waals surface area contributed by atoms with Gasteiger partial charge in [-0.15, -0.1) is 0 Å². The third-order valence-electron chi connectivity index (χ3n) is 6.16. The molecule has 0 atom stereocenters. The van der Waals surface area contributed by atoms with Crippen molar-refractivity contribution in [2.45, 2.75) is 11.3 Å². The van der Waals surface area contributed by atoms with Crippen molar-refractivity contribution in [2.24, 2.45) is 0 Å². The number of rotatable bonds is 5. The van der Waals surface area contributed by atoms with E-state index in [1.807, 2.05) is 36.4 Å². The minimum absolute atomic E-state index is 0.216. The molecule has 0 amide bonds. The Kier molecular flexibility index (Phi) is 5.56. The number of piperazine rings is 1. The van der Waals surface area contributed by atoms with Crippen molar-refractivity contribution in [3.8, 4) is 0 Å². The molecular weight excluding hydrogens is 526 g/mol. The van der Waals surface area contributed by atoms with Gasteiger partial charge in [-0.05, 0) is 76.9 Å². The van der Waals surface area contributed by atoms with E-state index in [0.717, 1.165) is 64.9 Å². The molecule has 8 heteroatoms. The first-order chi connectivity index (χ1) is 14.9. The first-order valence-electron chi connectivity index (χ1n) is 10.4. The van der Waals surface area contributed by atoms with Crippen LogP contribution in [0.25, 0.3) is 10.8 Å². The highest BCUT2D eigenvalue weighted by atomic mass is 125.